The van der Waals surface area contributed by atoms with E-state index in [0.717, 1.165) is 19.5 Å². The van der Waals surface area contributed by atoms with Crippen molar-refractivity contribution < 1.29 is 0 Å². The van der Waals surface area contributed by atoms with E-state index in [4.69, 9.17) is 5.73 Å². The van der Waals surface area contributed by atoms with Gasteiger partial charge in [-0.05, 0) is 38.7 Å². The van der Waals surface area contributed by atoms with Gasteiger partial charge in [-0.2, -0.15) is 0 Å². The van der Waals surface area contributed by atoms with Crippen LogP contribution in [0.1, 0.15) is 6.42 Å². The average Bonchev–Trinajstić information content (AvgIpc) is 2.71. The highest BCUT2D eigenvalue weighted by atomic mass is 16.2. The van der Waals surface area contributed by atoms with Gasteiger partial charge in [0.25, 0.3) is 0 Å². The molecule has 0 amide bonds. The highest BCUT2D eigenvalue weighted by Gasteiger charge is 2.06. The maximum absolute atomic E-state index is 12.0. The van der Waals surface area contributed by atoms with E-state index in [2.05, 4.69) is 10.00 Å². The van der Waals surface area contributed by atoms with Crippen LogP contribution in [0.3, 0.4) is 0 Å². The molecule has 0 saturated carbocycles. The summed E-state index contributed by atoms with van der Waals surface area (Å²) in [5, 5.41) is 4.28. The van der Waals surface area contributed by atoms with Gasteiger partial charge in [0.1, 0.15) is 0 Å². The maximum Gasteiger partial charge on any atom is 0.350 e. The van der Waals surface area contributed by atoms with Crippen LogP contribution in [0.15, 0.2) is 29.2 Å². The highest BCUT2D eigenvalue weighted by Crippen LogP contribution is 1.95. The molecule has 2 heterocycles. The number of rotatable bonds is 6. The molecule has 0 aliphatic heterocycles. The van der Waals surface area contributed by atoms with E-state index in [9.17, 15) is 4.79 Å². The van der Waals surface area contributed by atoms with Crippen LogP contribution in [0.4, 0.5) is 0 Å². The molecule has 6 heteroatoms. The first-order chi connectivity index (χ1) is 8.72. The normalized spacial score (nSPS) is 11.5. The van der Waals surface area contributed by atoms with Crippen LogP contribution in [0.2, 0.25) is 0 Å². The molecule has 0 saturated heterocycles. The molecule has 2 rings (SSSR count). The van der Waals surface area contributed by atoms with Gasteiger partial charge in [-0.3, -0.25) is 4.40 Å². The van der Waals surface area contributed by atoms with E-state index in [1.807, 2.05) is 25.2 Å². The molecule has 2 aromatic heterocycles. The Kier molecular flexibility index (Phi) is 4.11. The van der Waals surface area contributed by atoms with Crippen LogP contribution in [0.5, 0.6) is 0 Å². The van der Waals surface area contributed by atoms with E-state index in [0.29, 0.717) is 18.7 Å². The van der Waals surface area contributed by atoms with Gasteiger partial charge in [0.15, 0.2) is 5.65 Å². The number of hydrogen-bond acceptors (Lipinski definition) is 4. The zero-order valence-electron chi connectivity index (χ0n) is 10.6. The lowest BCUT2D eigenvalue weighted by atomic mass is 10.4. The Hall–Kier alpha value is -1.66. The van der Waals surface area contributed by atoms with Crippen molar-refractivity contribution in [1.82, 2.24) is 19.1 Å². The summed E-state index contributed by atoms with van der Waals surface area (Å²) in [7, 11) is 2.02. The molecule has 0 aromatic carbocycles. The van der Waals surface area contributed by atoms with Crippen molar-refractivity contribution in [2.75, 3.05) is 26.7 Å². The fourth-order valence-electron chi connectivity index (χ4n) is 1.85. The molecule has 0 radical (unpaired) electrons. The van der Waals surface area contributed by atoms with Crippen molar-refractivity contribution in [2.24, 2.45) is 5.73 Å². The van der Waals surface area contributed by atoms with Gasteiger partial charge in [0, 0.05) is 12.7 Å². The van der Waals surface area contributed by atoms with Gasteiger partial charge in [-0.25, -0.2) is 9.48 Å². The minimum atomic E-state index is -0.0853. The fraction of sp³-hybridized carbons (Fsp3) is 0.500. The number of fused-ring (bicyclic) bond motifs is 1. The molecule has 6 nitrogen and oxygen atoms in total. The van der Waals surface area contributed by atoms with Crippen molar-refractivity contribution in [1.29, 1.82) is 0 Å². The van der Waals surface area contributed by atoms with Gasteiger partial charge in [0.05, 0.1) is 6.54 Å². The average molecular weight is 249 g/mol. The Morgan fingerprint density at radius 2 is 2.22 bits per heavy atom. The van der Waals surface area contributed by atoms with E-state index < -0.39 is 0 Å². The molecule has 0 bridgehead atoms. The molecule has 0 spiro atoms. The fourth-order valence-corrected chi connectivity index (χ4v) is 1.85. The van der Waals surface area contributed by atoms with Crippen molar-refractivity contribution in [3.8, 4) is 0 Å². The van der Waals surface area contributed by atoms with Crippen LogP contribution in [-0.4, -0.2) is 45.8 Å². The first kappa shape index (κ1) is 12.8. The van der Waals surface area contributed by atoms with E-state index in [-0.39, 0.29) is 5.69 Å². The second-order valence-corrected chi connectivity index (χ2v) is 4.38. The highest BCUT2D eigenvalue weighted by molar-refractivity contribution is 5.35. The van der Waals surface area contributed by atoms with Crippen molar-refractivity contribution in [2.45, 2.75) is 13.0 Å². The van der Waals surface area contributed by atoms with Crippen LogP contribution in [0.25, 0.3) is 5.65 Å². The summed E-state index contributed by atoms with van der Waals surface area (Å²) in [5.41, 5.74) is 6.06. The quantitative estimate of drug-likeness (QED) is 0.768. The molecular weight excluding hydrogens is 230 g/mol. The smallest absolute Gasteiger partial charge is 0.330 e. The van der Waals surface area contributed by atoms with Crippen molar-refractivity contribution in [3.63, 3.8) is 0 Å². The molecule has 0 atom stereocenters. The Balaban J connectivity index is 2.04. The van der Waals surface area contributed by atoms with Crippen molar-refractivity contribution >= 4 is 5.65 Å². The van der Waals surface area contributed by atoms with Gasteiger partial charge >= 0.3 is 5.69 Å². The molecular formula is C12H19N5O. The number of hydrogen-bond donors (Lipinski definition) is 1. The van der Waals surface area contributed by atoms with E-state index in [1.165, 1.54) is 4.68 Å². The number of nitrogens with zero attached hydrogens (tertiary/aromatic N) is 4. The largest absolute Gasteiger partial charge is 0.350 e. The standard InChI is InChI=1S/C12H19N5O/c1-15(7-4-6-13)9-10-17-12(18)16-8-3-2-5-11(16)14-17/h2-3,5,8H,4,6-7,9-10,13H2,1H3. The van der Waals surface area contributed by atoms with E-state index in [1.54, 1.807) is 10.6 Å². The van der Waals surface area contributed by atoms with E-state index >= 15 is 0 Å². The molecule has 18 heavy (non-hydrogen) atoms. The Labute approximate surface area is 106 Å². The van der Waals surface area contributed by atoms with Crippen LogP contribution >= 0.6 is 0 Å². The zero-order valence-corrected chi connectivity index (χ0v) is 10.6. The summed E-state index contributed by atoms with van der Waals surface area (Å²) < 4.78 is 3.06. The zero-order chi connectivity index (χ0) is 13.0. The number of aromatic nitrogens is 3. The number of likely N-dealkylation sites (N-methyl/N-ethyl adjacent to an activating group) is 1. The second kappa shape index (κ2) is 5.79. The summed E-state index contributed by atoms with van der Waals surface area (Å²) in [4.78, 5) is 14.1. The van der Waals surface area contributed by atoms with Crippen LogP contribution in [0, 0.1) is 0 Å². The lowest BCUT2D eigenvalue weighted by molar-refractivity contribution is 0.308. The summed E-state index contributed by atoms with van der Waals surface area (Å²) >= 11 is 0. The third-order valence-corrected chi connectivity index (χ3v) is 2.93. The topological polar surface area (TPSA) is 68.6 Å². The third kappa shape index (κ3) is 2.77. The Morgan fingerprint density at radius 3 is 2.94 bits per heavy atom. The minimum absolute atomic E-state index is 0.0853. The van der Waals surface area contributed by atoms with Gasteiger partial charge in [0.2, 0.25) is 0 Å². The maximum atomic E-state index is 12.0. The number of nitrogens with two attached hydrogens (primary N) is 1. The molecule has 0 fully saturated rings. The summed E-state index contributed by atoms with van der Waals surface area (Å²) in [6.07, 6.45) is 2.70. The summed E-state index contributed by atoms with van der Waals surface area (Å²) in [5.74, 6) is 0. The number of pyridine rings is 1. The Morgan fingerprint density at radius 1 is 1.39 bits per heavy atom. The second-order valence-electron chi connectivity index (χ2n) is 4.38. The molecule has 0 aliphatic rings. The third-order valence-electron chi connectivity index (χ3n) is 2.93. The van der Waals surface area contributed by atoms with Gasteiger partial charge in [-0.15, -0.1) is 5.10 Å². The predicted molar refractivity (Wildman–Crippen MR) is 70.6 cm³/mol. The predicted octanol–water partition coefficient (Wildman–Crippen LogP) is -0.223. The van der Waals surface area contributed by atoms with Crippen LogP contribution < -0.4 is 11.4 Å². The summed E-state index contributed by atoms with van der Waals surface area (Å²) in [6.45, 7) is 3.03. The first-order valence-electron chi connectivity index (χ1n) is 6.15. The SMILES string of the molecule is CN(CCCN)CCn1nc2ccccn2c1=O. The molecule has 2 aromatic rings. The lowest BCUT2D eigenvalue weighted by Gasteiger charge is -2.15. The molecule has 2 N–H and O–H groups in total. The summed E-state index contributed by atoms with van der Waals surface area (Å²) in [6, 6.07) is 5.53. The monoisotopic (exact) mass is 249 g/mol. The van der Waals surface area contributed by atoms with Crippen molar-refractivity contribution in [3.05, 3.63) is 34.9 Å². The molecule has 0 aliphatic carbocycles. The van der Waals surface area contributed by atoms with Gasteiger partial charge < -0.3 is 10.6 Å². The molecule has 98 valence electrons. The lowest BCUT2D eigenvalue weighted by Crippen LogP contribution is -2.30. The van der Waals surface area contributed by atoms with Crippen LogP contribution in [-0.2, 0) is 6.54 Å². The Bertz CT molecular complexity index is 559. The van der Waals surface area contributed by atoms with Gasteiger partial charge in [-0.1, -0.05) is 6.07 Å². The minimum Gasteiger partial charge on any atom is -0.330 e. The molecule has 0 unspecified atom stereocenters. The first-order valence-corrected chi connectivity index (χ1v) is 6.15.